The molecule has 0 atom stereocenters. The van der Waals surface area contributed by atoms with Crippen molar-refractivity contribution >= 4 is 11.8 Å². The monoisotopic (exact) mass is 262 g/mol. The van der Waals surface area contributed by atoms with Gasteiger partial charge in [-0.1, -0.05) is 30.4 Å². The Hall–Kier alpha value is -2.43. The second-order valence-electron chi connectivity index (χ2n) is 3.73. The molecule has 2 N–H and O–H groups in total. The average molecular weight is 262 g/mol. The van der Waals surface area contributed by atoms with Gasteiger partial charge in [-0.2, -0.15) is 0 Å². The molecule has 100 valence electrons. The fourth-order valence-corrected chi connectivity index (χ4v) is 1.26. The molecule has 1 rings (SSSR count). The van der Waals surface area contributed by atoms with Gasteiger partial charge in [-0.05, 0) is 24.6 Å². The van der Waals surface area contributed by atoms with Crippen LogP contribution in [0, 0.1) is 5.82 Å². The molecular formula is C14H15FN2O2. The SMILES string of the molecule is C/C=C/C=C/C(=O)NNC(=O)Cc1ccc(F)cc1. The Bertz CT molecular complexity index is 493. The zero-order valence-electron chi connectivity index (χ0n) is 10.5. The van der Waals surface area contributed by atoms with E-state index in [1.807, 2.05) is 6.92 Å². The summed E-state index contributed by atoms with van der Waals surface area (Å²) in [5, 5.41) is 0. The van der Waals surface area contributed by atoms with E-state index < -0.39 is 5.91 Å². The van der Waals surface area contributed by atoms with Gasteiger partial charge in [-0.15, -0.1) is 0 Å². The smallest absolute Gasteiger partial charge is 0.262 e. The molecule has 0 bridgehead atoms. The number of halogens is 1. The number of nitrogens with one attached hydrogen (secondary N) is 2. The zero-order valence-corrected chi connectivity index (χ0v) is 10.5. The molecule has 5 heteroatoms. The Balaban J connectivity index is 2.35. The second kappa shape index (κ2) is 7.81. The minimum Gasteiger partial charge on any atom is -0.273 e. The Morgan fingerprint density at radius 3 is 2.47 bits per heavy atom. The maximum absolute atomic E-state index is 12.7. The fraction of sp³-hybridized carbons (Fsp3) is 0.143. The lowest BCUT2D eigenvalue weighted by Gasteiger charge is -2.05. The number of allylic oxidation sites excluding steroid dienone is 3. The van der Waals surface area contributed by atoms with Gasteiger partial charge >= 0.3 is 0 Å². The molecule has 0 spiro atoms. The Morgan fingerprint density at radius 2 is 1.84 bits per heavy atom. The summed E-state index contributed by atoms with van der Waals surface area (Å²) < 4.78 is 12.7. The molecule has 1 aromatic rings. The number of hydrogen-bond donors (Lipinski definition) is 2. The fourth-order valence-electron chi connectivity index (χ4n) is 1.26. The van der Waals surface area contributed by atoms with Crippen LogP contribution in [0.3, 0.4) is 0 Å². The van der Waals surface area contributed by atoms with E-state index in [4.69, 9.17) is 0 Å². The molecule has 0 aliphatic rings. The molecule has 0 saturated carbocycles. The molecule has 0 fully saturated rings. The highest BCUT2D eigenvalue weighted by atomic mass is 19.1. The third-order valence-electron chi connectivity index (χ3n) is 2.15. The quantitative estimate of drug-likeness (QED) is 0.492. The van der Waals surface area contributed by atoms with E-state index in [0.717, 1.165) is 0 Å². The lowest BCUT2D eigenvalue weighted by molar-refractivity contribution is -0.126. The maximum Gasteiger partial charge on any atom is 0.262 e. The van der Waals surface area contributed by atoms with Gasteiger partial charge in [-0.25, -0.2) is 4.39 Å². The lowest BCUT2D eigenvalue weighted by atomic mass is 10.1. The molecule has 0 aliphatic heterocycles. The van der Waals surface area contributed by atoms with E-state index in [9.17, 15) is 14.0 Å². The molecule has 0 radical (unpaired) electrons. The normalized spacial score (nSPS) is 10.8. The zero-order chi connectivity index (χ0) is 14.1. The highest BCUT2D eigenvalue weighted by molar-refractivity contribution is 5.90. The van der Waals surface area contributed by atoms with E-state index >= 15 is 0 Å². The molecule has 4 nitrogen and oxygen atoms in total. The van der Waals surface area contributed by atoms with Crippen LogP contribution in [0.1, 0.15) is 12.5 Å². The van der Waals surface area contributed by atoms with Crippen molar-refractivity contribution in [3.8, 4) is 0 Å². The van der Waals surface area contributed by atoms with E-state index in [-0.39, 0.29) is 18.1 Å². The van der Waals surface area contributed by atoms with E-state index in [1.165, 1.54) is 30.3 Å². The van der Waals surface area contributed by atoms with Crippen molar-refractivity contribution in [3.63, 3.8) is 0 Å². The van der Waals surface area contributed by atoms with Crippen LogP contribution in [0.4, 0.5) is 4.39 Å². The molecule has 0 aliphatic carbocycles. The van der Waals surface area contributed by atoms with Crippen molar-refractivity contribution in [2.75, 3.05) is 0 Å². The molecule has 0 aromatic heterocycles. The minimum atomic E-state index is -0.425. The predicted molar refractivity (Wildman–Crippen MR) is 70.3 cm³/mol. The third-order valence-corrected chi connectivity index (χ3v) is 2.15. The molecular weight excluding hydrogens is 247 g/mol. The Labute approximate surface area is 111 Å². The number of amides is 2. The van der Waals surface area contributed by atoms with Gasteiger partial charge in [0.05, 0.1) is 6.42 Å². The number of hydrogen-bond acceptors (Lipinski definition) is 2. The number of carbonyl (C=O) groups is 2. The molecule has 19 heavy (non-hydrogen) atoms. The van der Waals surface area contributed by atoms with Crippen LogP contribution in [-0.4, -0.2) is 11.8 Å². The molecule has 0 heterocycles. The first kappa shape index (κ1) is 14.6. The predicted octanol–water partition coefficient (Wildman–Crippen LogP) is 1.65. The number of hydrazine groups is 1. The molecule has 2 amide bonds. The third kappa shape index (κ3) is 6.16. The van der Waals surface area contributed by atoms with Gasteiger partial charge in [-0.3, -0.25) is 20.4 Å². The van der Waals surface area contributed by atoms with Crippen LogP contribution in [0.2, 0.25) is 0 Å². The molecule has 0 unspecified atom stereocenters. The van der Waals surface area contributed by atoms with Crippen molar-refractivity contribution in [1.82, 2.24) is 10.9 Å². The highest BCUT2D eigenvalue weighted by Gasteiger charge is 2.04. The summed E-state index contributed by atoms with van der Waals surface area (Å²) in [6.07, 6.45) is 6.38. The highest BCUT2D eigenvalue weighted by Crippen LogP contribution is 2.02. The Kier molecular flexibility index (Phi) is 6.02. The van der Waals surface area contributed by atoms with Gasteiger partial charge in [0.1, 0.15) is 5.82 Å². The van der Waals surface area contributed by atoms with Gasteiger partial charge in [0.25, 0.3) is 5.91 Å². The van der Waals surface area contributed by atoms with E-state index in [1.54, 1.807) is 18.2 Å². The van der Waals surface area contributed by atoms with Crippen LogP contribution in [0.5, 0.6) is 0 Å². The van der Waals surface area contributed by atoms with E-state index in [2.05, 4.69) is 10.9 Å². The topological polar surface area (TPSA) is 58.2 Å². The number of carbonyl (C=O) groups excluding carboxylic acids is 2. The summed E-state index contributed by atoms with van der Waals surface area (Å²) in [7, 11) is 0. The summed E-state index contributed by atoms with van der Waals surface area (Å²) in [5.74, 6) is -1.16. The van der Waals surface area contributed by atoms with E-state index in [0.29, 0.717) is 5.56 Å². The minimum absolute atomic E-state index is 0.0686. The largest absolute Gasteiger partial charge is 0.273 e. The number of benzene rings is 1. The average Bonchev–Trinajstić information content (AvgIpc) is 2.39. The van der Waals surface area contributed by atoms with Crippen LogP contribution in [0.15, 0.2) is 48.6 Å². The summed E-state index contributed by atoms with van der Waals surface area (Å²) in [4.78, 5) is 22.7. The lowest BCUT2D eigenvalue weighted by Crippen LogP contribution is -2.41. The first-order valence-electron chi connectivity index (χ1n) is 5.74. The van der Waals surface area contributed by atoms with Crippen LogP contribution < -0.4 is 10.9 Å². The van der Waals surface area contributed by atoms with Gasteiger partial charge in [0, 0.05) is 6.08 Å². The van der Waals surface area contributed by atoms with Crippen molar-refractivity contribution in [1.29, 1.82) is 0 Å². The van der Waals surface area contributed by atoms with Crippen molar-refractivity contribution < 1.29 is 14.0 Å². The summed E-state index contributed by atoms with van der Waals surface area (Å²) in [5.41, 5.74) is 5.17. The van der Waals surface area contributed by atoms with Crippen molar-refractivity contribution in [2.24, 2.45) is 0 Å². The number of rotatable bonds is 4. The van der Waals surface area contributed by atoms with Crippen LogP contribution in [-0.2, 0) is 16.0 Å². The van der Waals surface area contributed by atoms with Gasteiger partial charge in [0.15, 0.2) is 0 Å². The summed E-state index contributed by atoms with van der Waals surface area (Å²) >= 11 is 0. The Morgan fingerprint density at radius 1 is 1.16 bits per heavy atom. The maximum atomic E-state index is 12.7. The first-order chi connectivity index (χ1) is 9.11. The van der Waals surface area contributed by atoms with Gasteiger partial charge < -0.3 is 0 Å². The summed E-state index contributed by atoms with van der Waals surface area (Å²) in [6.45, 7) is 1.83. The van der Waals surface area contributed by atoms with Crippen molar-refractivity contribution in [3.05, 3.63) is 60.0 Å². The second-order valence-corrected chi connectivity index (χ2v) is 3.73. The summed E-state index contributed by atoms with van der Waals surface area (Å²) in [6, 6.07) is 5.59. The standard InChI is InChI=1S/C14H15FN2O2/c1-2-3-4-5-13(18)16-17-14(19)10-11-6-8-12(15)9-7-11/h2-9H,10H2,1H3,(H,16,18)(H,17,19)/b3-2+,5-4+. The molecule has 1 aromatic carbocycles. The van der Waals surface area contributed by atoms with Crippen LogP contribution in [0.25, 0.3) is 0 Å². The van der Waals surface area contributed by atoms with Crippen LogP contribution >= 0.6 is 0 Å². The molecule has 0 saturated heterocycles. The van der Waals surface area contributed by atoms with Crippen molar-refractivity contribution in [2.45, 2.75) is 13.3 Å². The first-order valence-corrected chi connectivity index (χ1v) is 5.74. The van der Waals surface area contributed by atoms with Gasteiger partial charge in [0.2, 0.25) is 5.91 Å².